The fraction of sp³-hybridized carbons (Fsp3) is 0.286. The van der Waals surface area contributed by atoms with Crippen molar-refractivity contribution in [3.8, 4) is 0 Å². The number of hydrogen-bond acceptors (Lipinski definition) is 0. The van der Waals surface area contributed by atoms with Gasteiger partial charge in [0.2, 0.25) is 0 Å². The van der Waals surface area contributed by atoms with Crippen molar-refractivity contribution in [3.63, 3.8) is 0 Å². The first-order valence-electron chi connectivity index (χ1n) is 3.01. The summed E-state index contributed by atoms with van der Waals surface area (Å²) >= 11 is 28.9. The Kier molecular flexibility index (Phi) is 3.29. The molecule has 0 aliphatic heterocycles. The number of alkyl halides is 2. The summed E-state index contributed by atoms with van der Waals surface area (Å²) in [6.45, 7) is 3.68. The molecule has 5 heteroatoms. The summed E-state index contributed by atoms with van der Waals surface area (Å²) in [7, 11) is 0. The summed E-state index contributed by atoms with van der Waals surface area (Å²) in [6.07, 6.45) is 1.42. The first-order chi connectivity index (χ1) is 5.36. The molecule has 67 valence electrons. The third kappa shape index (κ3) is 1.88. The molecule has 0 saturated heterocycles. The van der Waals surface area contributed by atoms with E-state index in [0.29, 0.717) is 5.03 Å². The molecular weight excluding hydrogens is 261 g/mol. The summed E-state index contributed by atoms with van der Waals surface area (Å²) in [5, 5.41) is 0.848. The molecule has 1 unspecified atom stereocenters. The van der Waals surface area contributed by atoms with Gasteiger partial charge in [-0.15, -0.1) is 0 Å². The van der Waals surface area contributed by atoms with Crippen LogP contribution in [0.2, 0.25) is 0 Å². The van der Waals surface area contributed by atoms with Crippen LogP contribution in [0, 0.1) is 12.8 Å². The van der Waals surface area contributed by atoms with Gasteiger partial charge in [0.1, 0.15) is 0 Å². The van der Waals surface area contributed by atoms with E-state index in [1.54, 1.807) is 0 Å². The summed E-state index contributed by atoms with van der Waals surface area (Å²) in [5.41, 5.74) is 0. The number of hydrogen-bond donors (Lipinski definition) is 0. The van der Waals surface area contributed by atoms with E-state index in [9.17, 15) is 0 Å². The second-order valence-corrected chi connectivity index (χ2v) is 4.97. The zero-order chi connectivity index (χ0) is 9.52. The van der Waals surface area contributed by atoms with Crippen molar-refractivity contribution in [2.75, 3.05) is 0 Å². The average molecular weight is 265 g/mol. The molecule has 1 aliphatic carbocycles. The van der Waals surface area contributed by atoms with Crippen LogP contribution in [0.4, 0.5) is 0 Å². The van der Waals surface area contributed by atoms with Gasteiger partial charge < -0.3 is 0 Å². The molecule has 0 heterocycles. The number of allylic oxidation sites excluding steroid dienone is 4. The van der Waals surface area contributed by atoms with Gasteiger partial charge in [0.25, 0.3) is 0 Å². The third-order valence-corrected chi connectivity index (χ3v) is 3.67. The minimum atomic E-state index is -1.32. The molecule has 12 heavy (non-hydrogen) atoms. The predicted molar refractivity (Wildman–Crippen MR) is 56.0 cm³/mol. The highest BCUT2D eigenvalue weighted by Crippen LogP contribution is 2.46. The molecule has 1 atom stereocenters. The normalized spacial score (nSPS) is 28.8. The smallest absolute Gasteiger partial charge is 0.0905 e. The lowest BCUT2D eigenvalue weighted by molar-refractivity contribution is 0.939. The lowest BCUT2D eigenvalue weighted by Gasteiger charge is -2.25. The molecule has 0 saturated carbocycles. The Morgan fingerprint density at radius 2 is 1.75 bits per heavy atom. The van der Waals surface area contributed by atoms with Crippen LogP contribution in [0.5, 0.6) is 0 Å². The SMILES string of the molecule is [CH2]C1C(Cl)=CC(Cl)(Cl)C(Cl)=C1Cl. The standard InChI is InChI=1S/C7H4Cl5/c1-3-4(8)2-7(11,12)6(10)5(3)9/h2-3H,1H2. The second-order valence-electron chi connectivity index (χ2n) is 2.37. The van der Waals surface area contributed by atoms with Crippen LogP contribution in [0.1, 0.15) is 0 Å². The molecule has 1 aliphatic rings. The van der Waals surface area contributed by atoms with E-state index in [1.165, 1.54) is 6.08 Å². The van der Waals surface area contributed by atoms with Crippen LogP contribution in [0.3, 0.4) is 0 Å². The third-order valence-electron chi connectivity index (χ3n) is 1.46. The topological polar surface area (TPSA) is 0 Å². The first-order valence-corrected chi connectivity index (χ1v) is 4.90. The van der Waals surface area contributed by atoms with Crippen molar-refractivity contribution in [3.05, 3.63) is 28.1 Å². The molecule has 0 spiro atoms. The summed E-state index contributed by atoms with van der Waals surface area (Å²) in [4.78, 5) is 0. The van der Waals surface area contributed by atoms with Gasteiger partial charge in [-0.2, -0.15) is 0 Å². The Balaban J connectivity index is 3.15. The molecule has 0 amide bonds. The van der Waals surface area contributed by atoms with Crippen molar-refractivity contribution in [1.82, 2.24) is 0 Å². The van der Waals surface area contributed by atoms with E-state index in [0.717, 1.165) is 0 Å². The van der Waals surface area contributed by atoms with Gasteiger partial charge in [0, 0.05) is 16.0 Å². The molecule has 0 aromatic carbocycles. The monoisotopic (exact) mass is 263 g/mol. The first kappa shape index (κ1) is 11.0. The Bertz CT molecular complexity index is 263. The maximum Gasteiger partial charge on any atom is 0.174 e. The van der Waals surface area contributed by atoms with Crippen molar-refractivity contribution in [2.24, 2.45) is 5.92 Å². The highest BCUT2D eigenvalue weighted by atomic mass is 35.5. The van der Waals surface area contributed by atoms with E-state index >= 15 is 0 Å². The second kappa shape index (κ2) is 3.59. The van der Waals surface area contributed by atoms with Gasteiger partial charge in [-0.1, -0.05) is 58.0 Å². The van der Waals surface area contributed by atoms with Gasteiger partial charge in [0.15, 0.2) is 4.33 Å². The fourth-order valence-electron chi connectivity index (χ4n) is 0.770. The molecule has 0 nitrogen and oxygen atoms in total. The van der Waals surface area contributed by atoms with E-state index < -0.39 is 4.33 Å². The zero-order valence-electron chi connectivity index (χ0n) is 5.75. The molecule has 0 bridgehead atoms. The van der Waals surface area contributed by atoms with Gasteiger partial charge in [-0.3, -0.25) is 0 Å². The Morgan fingerprint density at radius 3 is 2.25 bits per heavy atom. The quantitative estimate of drug-likeness (QED) is 0.568. The maximum absolute atomic E-state index is 5.79. The lowest BCUT2D eigenvalue weighted by atomic mass is 10.0. The maximum atomic E-state index is 5.79. The molecule has 1 radical (unpaired) electrons. The summed E-state index contributed by atoms with van der Waals surface area (Å²) < 4.78 is -1.32. The van der Waals surface area contributed by atoms with Crippen LogP contribution >= 0.6 is 58.0 Å². The molecule has 1 rings (SSSR count). The zero-order valence-corrected chi connectivity index (χ0v) is 9.53. The molecule has 0 N–H and O–H groups in total. The van der Waals surface area contributed by atoms with E-state index in [4.69, 9.17) is 58.0 Å². The van der Waals surface area contributed by atoms with Crippen molar-refractivity contribution < 1.29 is 0 Å². The van der Waals surface area contributed by atoms with Crippen LogP contribution in [0.15, 0.2) is 21.2 Å². The molecule has 0 aromatic heterocycles. The van der Waals surface area contributed by atoms with Crippen LogP contribution < -0.4 is 0 Å². The van der Waals surface area contributed by atoms with E-state index in [1.807, 2.05) is 0 Å². The van der Waals surface area contributed by atoms with Crippen molar-refractivity contribution in [2.45, 2.75) is 4.33 Å². The minimum absolute atomic E-state index is 0.164. The highest BCUT2D eigenvalue weighted by Gasteiger charge is 2.35. The Labute approximate surface area is 96.1 Å². The lowest BCUT2D eigenvalue weighted by Crippen LogP contribution is -2.18. The van der Waals surface area contributed by atoms with Gasteiger partial charge in [0.05, 0.1) is 5.03 Å². The molecular formula is C7H4Cl5. The Hall–Kier alpha value is 0.930. The van der Waals surface area contributed by atoms with Gasteiger partial charge in [-0.25, -0.2) is 0 Å². The number of rotatable bonds is 0. The van der Waals surface area contributed by atoms with Crippen LogP contribution in [0.25, 0.3) is 0 Å². The summed E-state index contributed by atoms with van der Waals surface area (Å²) in [5.74, 6) is -0.369. The van der Waals surface area contributed by atoms with E-state index in [2.05, 4.69) is 6.92 Å². The largest absolute Gasteiger partial charge is 0.174 e. The van der Waals surface area contributed by atoms with Crippen molar-refractivity contribution >= 4 is 58.0 Å². The van der Waals surface area contributed by atoms with Gasteiger partial charge >= 0.3 is 0 Å². The fourth-order valence-corrected chi connectivity index (χ4v) is 2.20. The number of halogens is 5. The van der Waals surface area contributed by atoms with Crippen LogP contribution in [-0.4, -0.2) is 4.33 Å². The van der Waals surface area contributed by atoms with E-state index in [-0.39, 0.29) is 16.0 Å². The van der Waals surface area contributed by atoms with Crippen LogP contribution in [-0.2, 0) is 0 Å². The average Bonchev–Trinajstić information content (AvgIpc) is 1.97. The van der Waals surface area contributed by atoms with Gasteiger partial charge in [-0.05, 0) is 13.0 Å². The Morgan fingerprint density at radius 1 is 1.25 bits per heavy atom. The molecule has 0 fully saturated rings. The molecule has 0 aromatic rings. The predicted octanol–water partition coefficient (Wildman–Crippen LogP) is 4.44. The van der Waals surface area contributed by atoms with Crippen molar-refractivity contribution in [1.29, 1.82) is 0 Å². The minimum Gasteiger partial charge on any atom is -0.0905 e. The highest BCUT2D eigenvalue weighted by molar-refractivity contribution is 6.59. The summed E-state index contributed by atoms with van der Waals surface area (Å²) in [6, 6.07) is 0.